The molecule has 0 saturated heterocycles. The third-order valence-electron chi connectivity index (χ3n) is 5.11. The summed E-state index contributed by atoms with van der Waals surface area (Å²) in [5, 5.41) is 20.4. The van der Waals surface area contributed by atoms with Crippen molar-refractivity contribution in [3.8, 4) is 22.6 Å². The molecule has 0 atom stereocenters. The molecule has 0 aliphatic heterocycles. The molecule has 6 nitrogen and oxygen atoms in total. The van der Waals surface area contributed by atoms with Gasteiger partial charge in [0.05, 0.1) is 11.3 Å². The molecule has 6 heteroatoms. The standard InChI is InChI=1S/C23H21N5O/c1-14-18(19(27-29-14)15-10-6-5-7-11-15)22-25-24-21-17-13-9-8-12-16(17)20(23(2,3)4)26-28(21)22/h5-13H,1-4H3. The molecular formula is C23H21N5O. The van der Waals surface area contributed by atoms with Gasteiger partial charge < -0.3 is 4.52 Å². The van der Waals surface area contributed by atoms with Crippen LogP contribution >= 0.6 is 0 Å². The van der Waals surface area contributed by atoms with Crippen LogP contribution in [-0.4, -0.2) is 25.0 Å². The number of rotatable bonds is 2. The Morgan fingerprint density at radius 1 is 0.862 bits per heavy atom. The Morgan fingerprint density at radius 2 is 1.55 bits per heavy atom. The van der Waals surface area contributed by atoms with Gasteiger partial charge in [-0.25, -0.2) is 0 Å². The van der Waals surface area contributed by atoms with Crippen LogP contribution in [0.1, 0.15) is 32.2 Å². The Hall–Kier alpha value is -3.54. The molecule has 0 bridgehead atoms. The van der Waals surface area contributed by atoms with Gasteiger partial charge in [0, 0.05) is 21.8 Å². The summed E-state index contributed by atoms with van der Waals surface area (Å²) >= 11 is 0. The monoisotopic (exact) mass is 383 g/mol. The van der Waals surface area contributed by atoms with Crippen molar-refractivity contribution >= 4 is 16.4 Å². The van der Waals surface area contributed by atoms with E-state index in [1.165, 1.54) is 0 Å². The SMILES string of the molecule is Cc1onc(-c2ccccc2)c1-c1nnc2c3ccccc3c(C(C)(C)C)nn12. The molecule has 0 saturated carbocycles. The van der Waals surface area contributed by atoms with Crippen molar-refractivity contribution in [1.29, 1.82) is 0 Å². The molecular weight excluding hydrogens is 362 g/mol. The molecule has 0 amide bonds. The quantitative estimate of drug-likeness (QED) is 0.419. The van der Waals surface area contributed by atoms with Crippen molar-refractivity contribution in [2.75, 3.05) is 0 Å². The number of aromatic nitrogens is 5. The fraction of sp³-hybridized carbons (Fsp3) is 0.217. The first-order valence-electron chi connectivity index (χ1n) is 9.62. The predicted octanol–water partition coefficient (Wildman–Crippen LogP) is 5.21. The fourth-order valence-corrected chi connectivity index (χ4v) is 3.72. The molecule has 5 rings (SSSR count). The van der Waals surface area contributed by atoms with Crippen LogP contribution in [0.15, 0.2) is 59.1 Å². The molecule has 0 aliphatic rings. The van der Waals surface area contributed by atoms with Gasteiger partial charge in [0.15, 0.2) is 11.5 Å². The van der Waals surface area contributed by atoms with Crippen LogP contribution in [0.3, 0.4) is 0 Å². The molecule has 0 radical (unpaired) electrons. The van der Waals surface area contributed by atoms with E-state index in [4.69, 9.17) is 9.62 Å². The first-order valence-corrected chi connectivity index (χ1v) is 9.62. The van der Waals surface area contributed by atoms with Gasteiger partial charge in [-0.05, 0) is 6.92 Å². The predicted molar refractivity (Wildman–Crippen MR) is 113 cm³/mol. The lowest BCUT2D eigenvalue weighted by atomic mass is 9.89. The van der Waals surface area contributed by atoms with E-state index in [1.54, 1.807) is 0 Å². The second-order valence-corrected chi connectivity index (χ2v) is 8.23. The van der Waals surface area contributed by atoms with E-state index in [0.717, 1.165) is 38.9 Å². The Morgan fingerprint density at radius 3 is 2.28 bits per heavy atom. The van der Waals surface area contributed by atoms with Crippen LogP contribution in [-0.2, 0) is 5.41 Å². The van der Waals surface area contributed by atoms with Gasteiger partial charge in [-0.2, -0.15) is 9.61 Å². The number of nitrogens with zero attached hydrogens (tertiary/aromatic N) is 5. The first-order chi connectivity index (χ1) is 13.9. The van der Waals surface area contributed by atoms with E-state index in [1.807, 2.05) is 53.9 Å². The van der Waals surface area contributed by atoms with Crippen molar-refractivity contribution in [3.05, 3.63) is 66.1 Å². The number of fused-ring (bicyclic) bond motifs is 3. The summed E-state index contributed by atoms with van der Waals surface area (Å²) in [6.45, 7) is 8.38. The molecule has 0 aliphatic carbocycles. The van der Waals surface area contributed by atoms with Crippen LogP contribution in [0.4, 0.5) is 0 Å². The molecule has 0 spiro atoms. The van der Waals surface area contributed by atoms with Crippen LogP contribution in [0.5, 0.6) is 0 Å². The average Bonchev–Trinajstić information content (AvgIpc) is 3.30. The Balaban J connectivity index is 1.86. The zero-order valence-corrected chi connectivity index (χ0v) is 16.8. The maximum Gasteiger partial charge on any atom is 0.191 e. The third kappa shape index (κ3) is 2.71. The lowest BCUT2D eigenvalue weighted by Crippen LogP contribution is -2.17. The van der Waals surface area contributed by atoms with Crippen LogP contribution in [0, 0.1) is 6.92 Å². The number of benzene rings is 2. The zero-order valence-electron chi connectivity index (χ0n) is 16.8. The number of aryl methyl sites for hydroxylation is 1. The van der Waals surface area contributed by atoms with Crippen LogP contribution in [0.25, 0.3) is 39.1 Å². The van der Waals surface area contributed by atoms with Crippen molar-refractivity contribution < 1.29 is 4.52 Å². The van der Waals surface area contributed by atoms with E-state index in [2.05, 4.69) is 48.3 Å². The summed E-state index contributed by atoms with van der Waals surface area (Å²) in [7, 11) is 0. The highest BCUT2D eigenvalue weighted by molar-refractivity contribution is 5.96. The van der Waals surface area contributed by atoms with Crippen molar-refractivity contribution in [2.45, 2.75) is 33.1 Å². The Labute approximate surface area is 168 Å². The molecule has 29 heavy (non-hydrogen) atoms. The summed E-state index contributed by atoms with van der Waals surface area (Å²) < 4.78 is 7.38. The molecule has 3 aromatic heterocycles. The van der Waals surface area contributed by atoms with Gasteiger partial charge in [0.25, 0.3) is 0 Å². The number of hydrogen-bond acceptors (Lipinski definition) is 5. The third-order valence-corrected chi connectivity index (χ3v) is 5.11. The maximum atomic E-state index is 5.55. The zero-order chi connectivity index (χ0) is 20.2. The molecule has 2 aromatic carbocycles. The largest absolute Gasteiger partial charge is 0.360 e. The highest BCUT2D eigenvalue weighted by Crippen LogP contribution is 2.35. The topological polar surface area (TPSA) is 69.1 Å². The highest BCUT2D eigenvalue weighted by atomic mass is 16.5. The summed E-state index contributed by atoms with van der Waals surface area (Å²) in [4.78, 5) is 0. The normalized spacial score (nSPS) is 12.1. The molecule has 3 heterocycles. The van der Waals surface area contributed by atoms with E-state index in [9.17, 15) is 0 Å². The molecule has 5 aromatic rings. The molecule has 0 unspecified atom stereocenters. The minimum Gasteiger partial charge on any atom is -0.360 e. The van der Waals surface area contributed by atoms with Gasteiger partial charge in [0.2, 0.25) is 0 Å². The van der Waals surface area contributed by atoms with Gasteiger partial charge in [0.1, 0.15) is 11.5 Å². The second-order valence-electron chi connectivity index (χ2n) is 8.23. The smallest absolute Gasteiger partial charge is 0.191 e. The minimum absolute atomic E-state index is 0.138. The lowest BCUT2D eigenvalue weighted by molar-refractivity contribution is 0.400. The second kappa shape index (κ2) is 6.24. The molecule has 0 N–H and O–H groups in total. The van der Waals surface area contributed by atoms with Crippen LogP contribution < -0.4 is 0 Å². The van der Waals surface area contributed by atoms with Gasteiger partial charge >= 0.3 is 0 Å². The van der Waals surface area contributed by atoms with Gasteiger partial charge in [-0.1, -0.05) is 80.5 Å². The molecule has 0 fully saturated rings. The van der Waals surface area contributed by atoms with E-state index in [-0.39, 0.29) is 5.41 Å². The van der Waals surface area contributed by atoms with Gasteiger partial charge in [-0.3, -0.25) is 0 Å². The van der Waals surface area contributed by atoms with Crippen molar-refractivity contribution in [1.82, 2.24) is 25.0 Å². The molecule has 144 valence electrons. The minimum atomic E-state index is -0.138. The van der Waals surface area contributed by atoms with Crippen molar-refractivity contribution in [2.24, 2.45) is 0 Å². The Bertz CT molecular complexity index is 1340. The Kier molecular flexibility index (Phi) is 3.77. The first kappa shape index (κ1) is 17.6. The van der Waals surface area contributed by atoms with Crippen LogP contribution in [0.2, 0.25) is 0 Å². The summed E-state index contributed by atoms with van der Waals surface area (Å²) in [5.41, 5.74) is 4.10. The van der Waals surface area contributed by atoms with E-state index >= 15 is 0 Å². The number of hydrogen-bond donors (Lipinski definition) is 0. The van der Waals surface area contributed by atoms with E-state index < -0.39 is 0 Å². The van der Waals surface area contributed by atoms with Crippen molar-refractivity contribution in [3.63, 3.8) is 0 Å². The summed E-state index contributed by atoms with van der Waals surface area (Å²) in [6.07, 6.45) is 0. The fourth-order valence-electron chi connectivity index (χ4n) is 3.72. The maximum absolute atomic E-state index is 5.55. The summed E-state index contributed by atoms with van der Waals surface area (Å²) in [5.74, 6) is 1.32. The van der Waals surface area contributed by atoms with Gasteiger partial charge in [-0.15, -0.1) is 10.2 Å². The average molecular weight is 383 g/mol. The lowest BCUT2D eigenvalue weighted by Gasteiger charge is -2.20. The summed E-state index contributed by atoms with van der Waals surface area (Å²) in [6, 6.07) is 18.2. The highest BCUT2D eigenvalue weighted by Gasteiger charge is 2.26. The van der Waals surface area contributed by atoms with E-state index in [0.29, 0.717) is 11.6 Å².